The number of nitrogens with one attached hydrogen (secondary N) is 1. The number of halogens is 1. The first-order chi connectivity index (χ1) is 9.26. The first kappa shape index (κ1) is 13.3. The molecular formula is C16H22ClNO. The maximum absolute atomic E-state index is 6.22. The van der Waals surface area contributed by atoms with Gasteiger partial charge in [-0.25, -0.2) is 0 Å². The summed E-state index contributed by atoms with van der Waals surface area (Å²) in [5.41, 5.74) is 2.58. The second kappa shape index (κ2) is 5.72. The molecule has 1 atom stereocenters. The minimum Gasteiger partial charge on any atom is -0.493 e. The van der Waals surface area contributed by atoms with Gasteiger partial charge < -0.3 is 10.1 Å². The fourth-order valence-electron chi connectivity index (χ4n) is 2.79. The molecule has 0 saturated heterocycles. The number of fused-ring (bicyclic) bond motifs is 1. The van der Waals surface area contributed by atoms with E-state index in [1.54, 1.807) is 0 Å². The van der Waals surface area contributed by atoms with E-state index < -0.39 is 0 Å². The van der Waals surface area contributed by atoms with E-state index in [0.717, 1.165) is 42.8 Å². The summed E-state index contributed by atoms with van der Waals surface area (Å²) in [6, 6.07) is 4.93. The largest absolute Gasteiger partial charge is 0.493 e. The van der Waals surface area contributed by atoms with Crippen molar-refractivity contribution in [2.24, 2.45) is 5.92 Å². The third-order valence-corrected chi connectivity index (χ3v) is 4.40. The summed E-state index contributed by atoms with van der Waals surface area (Å²) >= 11 is 6.22. The van der Waals surface area contributed by atoms with E-state index in [1.165, 1.54) is 30.4 Å². The van der Waals surface area contributed by atoms with Gasteiger partial charge in [0.2, 0.25) is 0 Å². The minimum absolute atomic E-state index is 0.673. The van der Waals surface area contributed by atoms with Gasteiger partial charge in [0.15, 0.2) is 0 Å². The van der Waals surface area contributed by atoms with Crippen LogP contribution in [-0.4, -0.2) is 19.2 Å². The maximum Gasteiger partial charge on any atom is 0.125 e. The van der Waals surface area contributed by atoms with Crippen molar-refractivity contribution in [3.63, 3.8) is 0 Å². The number of rotatable bonds is 6. The van der Waals surface area contributed by atoms with E-state index in [9.17, 15) is 0 Å². The molecule has 3 heteroatoms. The zero-order chi connectivity index (χ0) is 13.2. The van der Waals surface area contributed by atoms with Crippen molar-refractivity contribution in [3.05, 3.63) is 28.3 Å². The van der Waals surface area contributed by atoms with Crippen LogP contribution in [0.25, 0.3) is 0 Å². The third-order valence-electron chi connectivity index (χ3n) is 4.18. The van der Waals surface area contributed by atoms with Crippen LogP contribution in [0, 0.1) is 5.92 Å². The Kier molecular flexibility index (Phi) is 3.99. The Morgan fingerprint density at radius 3 is 3.00 bits per heavy atom. The summed E-state index contributed by atoms with van der Waals surface area (Å²) in [5, 5.41) is 4.49. The highest BCUT2D eigenvalue weighted by Crippen LogP contribution is 2.34. The van der Waals surface area contributed by atoms with Gasteiger partial charge in [0, 0.05) is 17.5 Å². The van der Waals surface area contributed by atoms with Crippen LogP contribution in [0.2, 0.25) is 5.02 Å². The van der Waals surface area contributed by atoms with Crippen LogP contribution < -0.4 is 10.1 Å². The van der Waals surface area contributed by atoms with Gasteiger partial charge in [-0.3, -0.25) is 0 Å². The highest BCUT2D eigenvalue weighted by Gasteiger charge is 2.23. The lowest BCUT2D eigenvalue weighted by atomic mass is 9.94. The predicted octanol–water partition coefficient (Wildman–Crippen LogP) is 3.60. The van der Waals surface area contributed by atoms with E-state index in [4.69, 9.17) is 16.3 Å². The standard InChI is InChI=1S/C16H22ClNO/c1-2-11(10-18-15-3-4-15)7-13-9-14(17)8-12-5-6-19-16(12)13/h8-9,11,15,18H,2-7,10H2,1H3. The Bertz CT molecular complexity index is 456. The first-order valence-corrected chi connectivity index (χ1v) is 7.81. The molecule has 1 aromatic carbocycles. The number of ether oxygens (including phenoxy) is 1. The van der Waals surface area contributed by atoms with Crippen molar-refractivity contribution in [3.8, 4) is 5.75 Å². The van der Waals surface area contributed by atoms with Gasteiger partial charge in [-0.15, -0.1) is 0 Å². The van der Waals surface area contributed by atoms with Gasteiger partial charge in [-0.1, -0.05) is 24.9 Å². The summed E-state index contributed by atoms with van der Waals surface area (Å²) in [5.74, 6) is 1.78. The zero-order valence-electron chi connectivity index (χ0n) is 11.5. The van der Waals surface area contributed by atoms with Gasteiger partial charge in [0.1, 0.15) is 5.75 Å². The molecule has 2 nitrogen and oxygen atoms in total. The smallest absolute Gasteiger partial charge is 0.125 e. The molecular weight excluding hydrogens is 258 g/mol. The topological polar surface area (TPSA) is 21.3 Å². The molecule has 1 saturated carbocycles. The molecule has 1 aliphatic heterocycles. The van der Waals surface area contributed by atoms with Gasteiger partial charge in [-0.2, -0.15) is 0 Å². The SMILES string of the molecule is CCC(CNC1CC1)Cc1cc(Cl)cc2c1OCC2. The molecule has 1 heterocycles. The van der Waals surface area contributed by atoms with Crippen molar-refractivity contribution < 1.29 is 4.74 Å². The molecule has 0 aromatic heterocycles. The van der Waals surface area contributed by atoms with Crippen LogP contribution in [0.3, 0.4) is 0 Å². The molecule has 2 aliphatic rings. The Balaban J connectivity index is 1.70. The van der Waals surface area contributed by atoms with Crippen LogP contribution >= 0.6 is 11.6 Å². The van der Waals surface area contributed by atoms with Crippen molar-refractivity contribution in [2.75, 3.05) is 13.2 Å². The van der Waals surface area contributed by atoms with Crippen LogP contribution in [0.4, 0.5) is 0 Å². The molecule has 0 spiro atoms. The number of hydrogen-bond donors (Lipinski definition) is 1. The van der Waals surface area contributed by atoms with E-state index in [2.05, 4.69) is 24.4 Å². The lowest BCUT2D eigenvalue weighted by Crippen LogP contribution is -2.25. The van der Waals surface area contributed by atoms with Crippen molar-refractivity contribution in [1.29, 1.82) is 0 Å². The molecule has 1 N–H and O–H groups in total. The van der Waals surface area contributed by atoms with Crippen molar-refractivity contribution in [1.82, 2.24) is 5.32 Å². The Morgan fingerprint density at radius 2 is 2.26 bits per heavy atom. The van der Waals surface area contributed by atoms with Crippen LogP contribution in [0.15, 0.2) is 12.1 Å². The zero-order valence-corrected chi connectivity index (χ0v) is 12.3. The summed E-state index contributed by atoms with van der Waals surface area (Å²) in [6.45, 7) is 4.19. The quantitative estimate of drug-likeness (QED) is 0.859. The first-order valence-electron chi connectivity index (χ1n) is 7.43. The van der Waals surface area contributed by atoms with Gasteiger partial charge in [-0.05, 0) is 55.0 Å². The Morgan fingerprint density at radius 1 is 1.42 bits per heavy atom. The van der Waals surface area contributed by atoms with E-state index >= 15 is 0 Å². The summed E-state index contributed by atoms with van der Waals surface area (Å²) in [7, 11) is 0. The highest BCUT2D eigenvalue weighted by molar-refractivity contribution is 6.30. The van der Waals surface area contributed by atoms with Gasteiger partial charge in [0.25, 0.3) is 0 Å². The highest BCUT2D eigenvalue weighted by atomic mass is 35.5. The fourth-order valence-corrected chi connectivity index (χ4v) is 3.05. The van der Waals surface area contributed by atoms with Crippen molar-refractivity contribution in [2.45, 2.75) is 45.1 Å². The minimum atomic E-state index is 0.673. The van der Waals surface area contributed by atoms with E-state index in [0.29, 0.717) is 5.92 Å². The molecule has 1 aliphatic carbocycles. The molecule has 3 rings (SSSR count). The molecule has 104 valence electrons. The summed E-state index contributed by atoms with van der Waals surface area (Å²) < 4.78 is 5.79. The number of hydrogen-bond acceptors (Lipinski definition) is 2. The molecule has 0 amide bonds. The molecule has 0 radical (unpaired) electrons. The average Bonchev–Trinajstić information content (AvgIpc) is 3.11. The lowest BCUT2D eigenvalue weighted by molar-refractivity contribution is 0.349. The van der Waals surface area contributed by atoms with Crippen molar-refractivity contribution >= 4 is 11.6 Å². The lowest BCUT2D eigenvalue weighted by Gasteiger charge is -2.17. The molecule has 1 aromatic rings. The maximum atomic E-state index is 6.22. The number of benzene rings is 1. The summed E-state index contributed by atoms with van der Waals surface area (Å²) in [4.78, 5) is 0. The van der Waals surface area contributed by atoms with Crippen LogP contribution in [-0.2, 0) is 12.8 Å². The third kappa shape index (κ3) is 3.24. The second-order valence-electron chi connectivity index (χ2n) is 5.81. The monoisotopic (exact) mass is 279 g/mol. The van der Waals surface area contributed by atoms with Crippen LogP contribution in [0.5, 0.6) is 5.75 Å². The second-order valence-corrected chi connectivity index (χ2v) is 6.25. The predicted molar refractivity (Wildman–Crippen MR) is 79.2 cm³/mol. The fraction of sp³-hybridized carbons (Fsp3) is 0.625. The molecule has 19 heavy (non-hydrogen) atoms. The average molecular weight is 280 g/mol. The van der Waals surface area contributed by atoms with Gasteiger partial charge in [0.05, 0.1) is 6.61 Å². The van der Waals surface area contributed by atoms with E-state index in [1.807, 2.05) is 0 Å². The Labute approximate surface area is 120 Å². The normalized spacial score (nSPS) is 19.1. The molecule has 1 fully saturated rings. The van der Waals surface area contributed by atoms with Gasteiger partial charge >= 0.3 is 0 Å². The Hall–Kier alpha value is -0.730. The van der Waals surface area contributed by atoms with E-state index in [-0.39, 0.29) is 0 Å². The summed E-state index contributed by atoms with van der Waals surface area (Å²) in [6.07, 6.45) is 5.97. The van der Waals surface area contributed by atoms with Crippen LogP contribution in [0.1, 0.15) is 37.3 Å². The molecule has 0 bridgehead atoms. The molecule has 1 unspecified atom stereocenters.